The molecular formula is C13H19NOS. The minimum Gasteiger partial charge on any atom is -0.327 e. The van der Waals surface area contributed by atoms with Crippen LogP contribution in [0.3, 0.4) is 0 Å². The second-order valence-electron chi connectivity index (χ2n) is 4.64. The Morgan fingerprint density at radius 2 is 2.19 bits per heavy atom. The van der Waals surface area contributed by atoms with E-state index in [0.29, 0.717) is 24.5 Å². The third-order valence-corrected chi connectivity index (χ3v) is 4.36. The van der Waals surface area contributed by atoms with Crippen molar-refractivity contribution < 1.29 is 4.79 Å². The van der Waals surface area contributed by atoms with Gasteiger partial charge in [0.25, 0.3) is 0 Å². The van der Waals surface area contributed by atoms with Crippen molar-refractivity contribution in [1.29, 1.82) is 0 Å². The Morgan fingerprint density at radius 1 is 1.50 bits per heavy atom. The summed E-state index contributed by atoms with van der Waals surface area (Å²) in [4.78, 5) is 14.3. The van der Waals surface area contributed by atoms with Gasteiger partial charge in [-0.1, -0.05) is 6.92 Å². The van der Waals surface area contributed by atoms with Crippen molar-refractivity contribution in [2.24, 2.45) is 11.7 Å². The van der Waals surface area contributed by atoms with E-state index < -0.39 is 0 Å². The summed E-state index contributed by atoms with van der Waals surface area (Å²) < 4.78 is 0. The Balaban J connectivity index is 1.81. The lowest BCUT2D eigenvalue weighted by Crippen LogP contribution is -2.26. The van der Waals surface area contributed by atoms with Crippen LogP contribution >= 0.6 is 11.3 Å². The van der Waals surface area contributed by atoms with Gasteiger partial charge in [0.15, 0.2) is 0 Å². The van der Waals surface area contributed by atoms with E-state index in [1.165, 1.54) is 22.6 Å². The third kappa shape index (κ3) is 3.16. The highest BCUT2D eigenvalue weighted by molar-refractivity contribution is 7.12. The Hall–Kier alpha value is -0.670. The Morgan fingerprint density at radius 3 is 2.75 bits per heavy atom. The second-order valence-corrected chi connectivity index (χ2v) is 5.90. The zero-order valence-corrected chi connectivity index (χ0v) is 10.6. The maximum Gasteiger partial charge on any atom is 0.139 e. The van der Waals surface area contributed by atoms with Gasteiger partial charge in [-0.25, -0.2) is 0 Å². The number of Topliss-reactive ketones (excluding diaryl/α,β-unsaturated/α-hetero) is 1. The molecule has 1 aliphatic rings. The highest BCUT2D eigenvalue weighted by Gasteiger charge is 2.29. The molecule has 1 aromatic rings. The molecule has 0 bridgehead atoms. The number of carbonyl (C=O) groups is 1. The predicted molar refractivity (Wildman–Crippen MR) is 67.7 cm³/mol. The van der Waals surface area contributed by atoms with Gasteiger partial charge in [0, 0.05) is 28.6 Å². The normalized spacial score (nSPS) is 17.4. The topological polar surface area (TPSA) is 43.1 Å². The lowest BCUT2D eigenvalue weighted by atomic mass is 10.0. The number of ketones is 1. The van der Waals surface area contributed by atoms with Crippen molar-refractivity contribution in [2.75, 3.05) is 0 Å². The van der Waals surface area contributed by atoms with E-state index in [2.05, 4.69) is 19.1 Å². The second kappa shape index (κ2) is 5.11. The minimum atomic E-state index is 0.109. The molecule has 0 aromatic carbocycles. The van der Waals surface area contributed by atoms with Crippen molar-refractivity contribution in [3.63, 3.8) is 0 Å². The van der Waals surface area contributed by atoms with Crippen molar-refractivity contribution in [2.45, 2.75) is 45.1 Å². The average molecular weight is 237 g/mol. The number of carbonyl (C=O) groups excluding carboxylic acids is 1. The summed E-state index contributed by atoms with van der Waals surface area (Å²) in [5.74, 6) is 0.919. The number of thiophene rings is 1. The van der Waals surface area contributed by atoms with Gasteiger partial charge < -0.3 is 5.73 Å². The van der Waals surface area contributed by atoms with Gasteiger partial charge >= 0.3 is 0 Å². The summed E-state index contributed by atoms with van der Waals surface area (Å²) in [6, 6.07) is 4.30. The molecule has 2 rings (SSSR count). The molecule has 1 fully saturated rings. The van der Waals surface area contributed by atoms with Crippen LogP contribution in [0, 0.1) is 5.92 Å². The van der Waals surface area contributed by atoms with Gasteiger partial charge in [0.1, 0.15) is 5.78 Å². The van der Waals surface area contributed by atoms with Gasteiger partial charge in [-0.3, -0.25) is 4.79 Å². The molecule has 0 amide bonds. The van der Waals surface area contributed by atoms with E-state index in [4.69, 9.17) is 5.73 Å². The molecule has 0 spiro atoms. The molecule has 0 radical (unpaired) electrons. The van der Waals surface area contributed by atoms with E-state index in [1.54, 1.807) is 11.3 Å². The van der Waals surface area contributed by atoms with Gasteiger partial charge in [-0.2, -0.15) is 0 Å². The highest BCUT2D eigenvalue weighted by Crippen LogP contribution is 2.33. The first-order valence-electron chi connectivity index (χ1n) is 6.04. The molecule has 88 valence electrons. The summed E-state index contributed by atoms with van der Waals surface area (Å²) in [7, 11) is 0. The van der Waals surface area contributed by atoms with E-state index in [0.717, 1.165) is 6.42 Å². The summed E-state index contributed by atoms with van der Waals surface area (Å²) in [5, 5.41) is 0. The van der Waals surface area contributed by atoms with Crippen molar-refractivity contribution in [3.8, 4) is 0 Å². The maximum atomic E-state index is 11.8. The summed E-state index contributed by atoms with van der Waals surface area (Å²) in [6.07, 6.45) is 4.62. The van der Waals surface area contributed by atoms with Crippen LogP contribution in [0.1, 0.15) is 35.9 Å². The van der Waals surface area contributed by atoms with Crippen LogP contribution in [0.2, 0.25) is 0 Å². The summed E-state index contributed by atoms with van der Waals surface area (Å²) in [5.41, 5.74) is 5.95. The zero-order chi connectivity index (χ0) is 11.5. The van der Waals surface area contributed by atoms with Crippen molar-refractivity contribution in [3.05, 3.63) is 21.9 Å². The smallest absolute Gasteiger partial charge is 0.139 e. The first-order valence-corrected chi connectivity index (χ1v) is 6.85. The molecule has 2 nitrogen and oxygen atoms in total. The standard InChI is InChI=1S/C13H19NOS/c1-2-11-5-6-12(16-11)7-10(15)8-13(14)9-3-4-9/h5-6,9,13H,2-4,7-8,14H2,1H3. The van der Waals surface area contributed by atoms with Gasteiger partial charge in [0.05, 0.1) is 0 Å². The third-order valence-electron chi connectivity index (χ3n) is 3.13. The largest absolute Gasteiger partial charge is 0.327 e. The minimum absolute atomic E-state index is 0.109. The molecule has 1 atom stereocenters. The highest BCUT2D eigenvalue weighted by atomic mass is 32.1. The lowest BCUT2D eigenvalue weighted by molar-refractivity contribution is -0.118. The number of hydrogen-bond donors (Lipinski definition) is 1. The fourth-order valence-corrected chi connectivity index (χ4v) is 2.91. The SMILES string of the molecule is CCc1ccc(CC(=O)CC(N)C2CC2)s1. The predicted octanol–water partition coefficient (Wildman–Crippen LogP) is 2.55. The van der Waals surface area contributed by atoms with Crippen LogP contribution in [-0.2, 0) is 17.6 Å². The molecular weight excluding hydrogens is 218 g/mol. The fraction of sp³-hybridized carbons (Fsp3) is 0.615. The Bertz CT molecular complexity index is 368. The number of aryl methyl sites for hydroxylation is 1. The average Bonchev–Trinajstić information content (AvgIpc) is 3.00. The van der Waals surface area contributed by atoms with Gasteiger partial charge in [-0.05, 0) is 37.3 Å². The lowest BCUT2D eigenvalue weighted by Gasteiger charge is -2.07. The molecule has 3 heteroatoms. The molecule has 1 unspecified atom stereocenters. The van der Waals surface area contributed by atoms with E-state index in [-0.39, 0.29) is 6.04 Å². The van der Waals surface area contributed by atoms with E-state index >= 15 is 0 Å². The quantitative estimate of drug-likeness (QED) is 0.826. The Kier molecular flexibility index (Phi) is 3.77. The Labute approximate surface area is 101 Å². The van der Waals surface area contributed by atoms with Crippen molar-refractivity contribution in [1.82, 2.24) is 0 Å². The van der Waals surface area contributed by atoms with Gasteiger partial charge in [0.2, 0.25) is 0 Å². The van der Waals surface area contributed by atoms with Crippen LogP contribution in [0.4, 0.5) is 0 Å². The number of nitrogens with two attached hydrogens (primary N) is 1. The zero-order valence-electron chi connectivity index (χ0n) is 9.74. The van der Waals surface area contributed by atoms with Crippen LogP contribution < -0.4 is 5.73 Å². The molecule has 1 aromatic heterocycles. The summed E-state index contributed by atoms with van der Waals surface area (Å²) >= 11 is 1.75. The first-order chi connectivity index (χ1) is 7.69. The molecule has 1 heterocycles. The maximum absolute atomic E-state index is 11.8. The van der Waals surface area contributed by atoms with Crippen LogP contribution in [0.15, 0.2) is 12.1 Å². The molecule has 1 aliphatic carbocycles. The van der Waals surface area contributed by atoms with Crippen LogP contribution in [-0.4, -0.2) is 11.8 Å². The molecule has 2 N–H and O–H groups in total. The monoisotopic (exact) mass is 237 g/mol. The van der Waals surface area contributed by atoms with Crippen LogP contribution in [0.25, 0.3) is 0 Å². The number of hydrogen-bond acceptors (Lipinski definition) is 3. The molecule has 0 aliphatic heterocycles. The van der Waals surface area contributed by atoms with E-state index in [1.807, 2.05) is 0 Å². The molecule has 0 saturated heterocycles. The van der Waals surface area contributed by atoms with Crippen molar-refractivity contribution >= 4 is 17.1 Å². The fourth-order valence-electron chi connectivity index (χ4n) is 1.93. The molecule has 16 heavy (non-hydrogen) atoms. The summed E-state index contributed by atoms with van der Waals surface area (Å²) in [6.45, 7) is 2.14. The van der Waals surface area contributed by atoms with E-state index in [9.17, 15) is 4.79 Å². The number of rotatable bonds is 6. The first kappa shape index (κ1) is 11.8. The van der Waals surface area contributed by atoms with Crippen LogP contribution in [0.5, 0.6) is 0 Å². The molecule has 1 saturated carbocycles. The van der Waals surface area contributed by atoms with Gasteiger partial charge in [-0.15, -0.1) is 11.3 Å².